The van der Waals surface area contributed by atoms with Gasteiger partial charge in [0.2, 0.25) is 0 Å². The van der Waals surface area contributed by atoms with Gasteiger partial charge in [0.05, 0.1) is 22.4 Å². The molecule has 3 aromatic heterocycles. The molecule has 0 bridgehead atoms. The van der Waals surface area contributed by atoms with Gasteiger partial charge in [-0.1, -0.05) is 200 Å². The van der Waals surface area contributed by atoms with Crippen LogP contribution >= 0.6 is 0 Å². The highest BCUT2D eigenvalue weighted by atomic mass is 28.3. The zero-order valence-electron chi connectivity index (χ0n) is 31.9. The van der Waals surface area contributed by atoms with Crippen LogP contribution in [-0.2, 0) is 0 Å². The first kappa shape index (κ1) is 35.4. The van der Waals surface area contributed by atoms with E-state index in [9.17, 15) is 0 Å². The van der Waals surface area contributed by atoms with Crippen LogP contribution in [-0.4, -0.2) is 31.1 Å². The Morgan fingerprint density at radius 2 is 0.655 bits per heavy atom. The first-order valence-corrected chi connectivity index (χ1v) is 23.8. The van der Waals surface area contributed by atoms with Gasteiger partial charge in [-0.3, -0.25) is 9.97 Å². The first-order chi connectivity index (χ1) is 28.8. The van der Waals surface area contributed by atoms with Gasteiger partial charge in [0.15, 0.2) is 16.1 Å². The lowest BCUT2D eigenvalue weighted by Crippen LogP contribution is -2.75. The van der Waals surface area contributed by atoms with Gasteiger partial charge in [-0.05, 0) is 65.8 Å². The molecule has 0 radical (unpaired) electrons. The molecule has 10 aromatic rings. The summed E-state index contributed by atoms with van der Waals surface area (Å²) in [7, 11) is -5.92. The summed E-state index contributed by atoms with van der Waals surface area (Å²) in [6.07, 6.45) is 3.87. The molecule has 3 heterocycles. The highest BCUT2D eigenvalue weighted by Gasteiger charge is 2.45. The molecule has 0 aliphatic carbocycles. The van der Waals surface area contributed by atoms with Crippen LogP contribution in [0.4, 0.5) is 0 Å². The maximum absolute atomic E-state index is 5.58. The standard InChI is InChI=1S/C53H39N3Si2/c1-7-21-40(22-8-1)57(41-23-9-2-10-24-41,42-25-11-3-12-26-42)50-36-38-55-52-46(50)34-35-47-51(39-49(56-53(47)52)48-33-19-20-37-54-48)58(43-27-13-4-14-28-43,44-29-15-5-16-30-44)45-31-17-6-18-32-45/h1-39H. The van der Waals surface area contributed by atoms with Crippen molar-refractivity contribution in [1.29, 1.82) is 0 Å². The minimum Gasteiger partial charge on any atom is -0.255 e. The Kier molecular flexibility index (Phi) is 9.22. The van der Waals surface area contributed by atoms with Gasteiger partial charge in [-0.15, -0.1) is 0 Å². The molecule has 0 aliphatic heterocycles. The molecule has 0 saturated heterocycles. The molecule has 0 fully saturated rings. The number of nitrogens with zero attached hydrogens (tertiary/aromatic N) is 3. The van der Waals surface area contributed by atoms with Crippen molar-refractivity contribution in [2.24, 2.45) is 0 Å². The number of rotatable bonds is 9. The van der Waals surface area contributed by atoms with Crippen LogP contribution in [0.15, 0.2) is 237 Å². The molecule has 0 atom stereocenters. The molecule has 0 N–H and O–H groups in total. The van der Waals surface area contributed by atoms with Crippen molar-refractivity contribution in [3.63, 3.8) is 0 Å². The SMILES string of the molecule is c1ccc([Si](c2ccccc2)(c2ccccc2)c2ccnc3c2ccc2c([Si](c4ccccc4)(c4ccccc4)c4ccccc4)cc(-c4ccccn4)nc23)cc1. The van der Waals surface area contributed by atoms with E-state index in [0.717, 1.165) is 33.2 Å². The topological polar surface area (TPSA) is 38.7 Å². The molecule has 3 nitrogen and oxygen atoms in total. The van der Waals surface area contributed by atoms with Crippen molar-refractivity contribution in [3.05, 3.63) is 237 Å². The van der Waals surface area contributed by atoms with E-state index in [4.69, 9.17) is 15.0 Å². The number of aromatic nitrogens is 3. The molecule has 0 spiro atoms. The second kappa shape index (κ2) is 15.1. The predicted octanol–water partition coefficient (Wildman–Crippen LogP) is 6.60. The highest BCUT2D eigenvalue weighted by molar-refractivity contribution is 7.21. The van der Waals surface area contributed by atoms with Gasteiger partial charge in [-0.2, -0.15) is 0 Å². The Labute approximate surface area is 341 Å². The van der Waals surface area contributed by atoms with Crippen molar-refractivity contribution >= 4 is 79.4 Å². The van der Waals surface area contributed by atoms with Crippen molar-refractivity contribution < 1.29 is 0 Å². The van der Waals surface area contributed by atoms with E-state index in [1.54, 1.807) is 0 Å². The molecule has 58 heavy (non-hydrogen) atoms. The number of hydrogen-bond donors (Lipinski definition) is 0. The second-order valence-electron chi connectivity index (χ2n) is 14.7. The van der Waals surface area contributed by atoms with E-state index in [1.165, 1.54) is 41.5 Å². The zero-order valence-corrected chi connectivity index (χ0v) is 33.9. The maximum Gasteiger partial charge on any atom is 0.180 e. The fraction of sp³-hybridized carbons (Fsp3) is 0. The summed E-state index contributed by atoms with van der Waals surface area (Å²) < 4.78 is 0. The highest BCUT2D eigenvalue weighted by Crippen LogP contribution is 2.28. The molecule has 0 amide bonds. The maximum atomic E-state index is 5.58. The summed E-state index contributed by atoms with van der Waals surface area (Å²) in [6, 6.07) is 81.9. The Morgan fingerprint density at radius 1 is 0.276 bits per heavy atom. The lowest BCUT2D eigenvalue weighted by Gasteiger charge is -2.36. The average Bonchev–Trinajstić information content (AvgIpc) is 3.32. The fourth-order valence-electron chi connectivity index (χ4n) is 9.25. The normalized spacial score (nSPS) is 11.8. The fourth-order valence-corrected chi connectivity index (χ4v) is 19.2. The number of benzene rings is 7. The lowest BCUT2D eigenvalue weighted by molar-refractivity contribution is 1.28. The van der Waals surface area contributed by atoms with Gasteiger partial charge in [0, 0.05) is 23.2 Å². The zero-order chi connectivity index (χ0) is 38.8. The molecule has 5 heteroatoms. The van der Waals surface area contributed by atoms with Crippen LogP contribution in [0, 0.1) is 0 Å². The van der Waals surface area contributed by atoms with E-state index >= 15 is 0 Å². The Hall–Kier alpha value is -7.06. The van der Waals surface area contributed by atoms with Crippen LogP contribution in [0.1, 0.15) is 0 Å². The van der Waals surface area contributed by atoms with E-state index in [-0.39, 0.29) is 0 Å². The van der Waals surface area contributed by atoms with Gasteiger partial charge >= 0.3 is 0 Å². The van der Waals surface area contributed by atoms with E-state index < -0.39 is 16.1 Å². The molecular formula is C53H39N3Si2. The van der Waals surface area contributed by atoms with E-state index in [0.29, 0.717) is 0 Å². The van der Waals surface area contributed by atoms with Crippen molar-refractivity contribution in [1.82, 2.24) is 15.0 Å². The number of fused-ring (bicyclic) bond motifs is 3. The van der Waals surface area contributed by atoms with Gasteiger partial charge < -0.3 is 0 Å². The predicted molar refractivity (Wildman–Crippen MR) is 248 cm³/mol. The van der Waals surface area contributed by atoms with Crippen molar-refractivity contribution in [2.45, 2.75) is 0 Å². The van der Waals surface area contributed by atoms with Crippen LogP contribution < -0.4 is 41.5 Å². The summed E-state index contributed by atoms with van der Waals surface area (Å²) >= 11 is 0. The third-order valence-electron chi connectivity index (χ3n) is 11.7. The van der Waals surface area contributed by atoms with Gasteiger partial charge in [0.1, 0.15) is 0 Å². The molecular weight excluding hydrogens is 735 g/mol. The van der Waals surface area contributed by atoms with Crippen LogP contribution in [0.25, 0.3) is 33.2 Å². The quantitative estimate of drug-likeness (QED) is 0.0944. The summed E-state index contributed by atoms with van der Waals surface area (Å²) in [5.41, 5.74) is 3.44. The lowest BCUT2D eigenvalue weighted by atomic mass is 10.1. The third-order valence-corrected chi connectivity index (χ3v) is 21.3. The van der Waals surface area contributed by atoms with Crippen LogP contribution in [0.3, 0.4) is 0 Å². The summed E-state index contributed by atoms with van der Waals surface area (Å²) in [6.45, 7) is 0. The second-order valence-corrected chi connectivity index (χ2v) is 22.2. The molecule has 274 valence electrons. The minimum atomic E-state index is -3.01. The monoisotopic (exact) mass is 773 g/mol. The number of hydrogen-bond acceptors (Lipinski definition) is 3. The number of pyridine rings is 3. The van der Waals surface area contributed by atoms with Crippen LogP contribution in [0.2, 0.25) is 0 Å². The summed E-state index contributed by atoms with van der Waals surface area (Å²) in [4.78, 5) is 15.8. The average molecular weight is 774 g/mol. The van der Waals surface area contributed by atoms with Crippen molar-refractivity contribution in [2.75, 3.05) is 0 Å². The third kappa shape index (κ3) is 5.74. The largest absolute Gasteiger partial charge is 0.255 e. The molecule has 10 rings (SSSR count). The van der Waals surface area contributed by atoms with E-state index in [1.807, 2.05) is 24.5 Å². The first-order valence-electron chi connectivity index (χ1n) is 19.8. The minimum absolute atomic E-state index is 0.831. The van der Waals surface area contributed by atoms with Gasteiger partial charge in [-0.25, -0.2) is 4.98 Å². The molecule has 7 aromatic carbocycles. The van der Waals surface area contributed by atoms with Crippen molar-refractivity contribution in [3.8, 4) is 11.4 Å². The Bertz CT molecular complexity index is 2780. The smallest absolute Gasteiger partial charge is 0.180 e. The molecule has 0 saturated carbocycles. The van der Waals surface area contributed by atoms with Crippen LogP contribution in [0.5, 0.6) is 0 Å². The Balaban J connectivity index is 1.38. The molecule has 0 aliphatic rings. The molecule has 0 unspecified atom stereocenters. The summed E-state index contributed by atoms with van der Waals surface area (Å²) in [5, 5.41) is 12.6. The summed E-state index contributed by atoms with van der Waals surface area (Å²) in [5.74, 6) is 0. The Morgan fingerprint density at radius 3 is 1.05 bits per heavy atom. The van der Waals surface area contributed by atoms with Gasteiger partial charge in [0.25, 0.3) is 0 Å². The van der Waals surface area contributed by atoms with E-state index in [2.05, 4.69) is 212 Å².